The third-order valence-electron chi connectivity index (χ3n) is 3.45. The van der Waals surface area contributed by atoms with E-state index in [4.69, 9.17) is 4.74 Å². The molecule has 19 heavy (non-hydrogen) atoms. The van der Waals surface area contributed by atoms with Gasteiger partial charge in [-0.1, -0.05) is 13.3 Å². The van der Waals surface area contributed by atoms with E-state index in [1.54, 1.807) is 10.6 Å². The summed E-state index contributed by atoms with van der Waals surface area (Å²) in [5.74, 6) is 0.0658. The van der Waals surface area contributed by atoms with Gasteiger partial charge >= 0.3 is 0 Å². The summed E-state index contributed by atoms with van der Waals surface area (Å²) in [5, 5.41) is 9.52. The van der Waals surface area contributed by atoms with Gasteiger partial charge in [0.25, 0.3) is 5.56 Å². The van der Waals surface area contributed by atoms with Crippen molar-refractivity contribution in [2.75, 3.05) is 32.8 Å². The molecule has 1 fully saturated rings. The fourth-order valence-corrected chi connectivity index (χ4v) is 2.42. The maximum absolute atomic E-state index is 12.0. The molecule has 2 rings (SSSR count). The number of hydrogen-bond acceptors (Lipinski definition) is 4. The zero-order valence-corrected chi connectivity index (χ0v) is 11.5. The Hall–Kier alpha value is -1.33. The van der Waals surface area contributed by atoms with E-state index in [1.807, 2.05) is 0 Å². The van der Waals surface area contributed by atoms with E-state index in [0.29, 0.717) is 6.54 Å². The van der Waals surface area contributed by atoms with Crippen LogP contribution in [0.2, 0.25) is 0 Å². The SMILES string of the molecule is CCCc1cc(O)cc(=O)n1CCN1CCOCC1. The number of nitrogens with zero attached hydrogens (tertiary/aromatic N) is 2. The second-order valence-electron chi connectivity index (χ2n) is 4.90. The molecule has 2 heterocycles. The van der Waals surface area contributed by atoms with Crippen LogP contribution in [-0.2, 0) is 17.7 Å². The van der Waals surface area contributed by atoms with E-state index in [1.165, 1.54) is 6.07 Å². The maximum Gasteiger partial charge on any atom is 0.254 e. The van der Waals surface area contributed by atoms with Gasteiger partial charge in [-0.05, 0) is 12.5 Å². The molecular weight excluding hydrogens is 244 g/mol. The van der Waals surface area contributed by atoms with Crippen molar-refractivity contribution in [3.63, 3.8) is 0 Å². The normalized spacial score (nSPS) is 16.7. The number of aromatic nitrogens is 1. The number of pyridine rings is 1. The Bertz CT molecular complexity index is 464. The number of morpholine rings is 1. The lowest BCUT2D eigenvalue weighted by Crippen LogP contribution is -2.39. The molecule has 0 spiro atoms. The summed E-state index contributed by atoms with van der Waals surface area (Å²) in [4.78, 5) is 14.3. The van der Waals surface area contributed by atoms with Crippen LogP contribution in [0.1, 0.15) is 19.0 Å². The molecule has 1 aromatic rings. The van der Waals surface area contributed by atoms with E-state index in [-0.39, 0.29) is 11.3 Å². The molecule has 0 radical (unpaired) electrons. The number of aromatic hydroxyl groups is 1. The molecule has 1 N–H and O–H groups in total. The van der Waals surface area contributed by atoms with Crippen molar-refractivity contribution in [3.05, 3.63) is 28.2 Å². The molecule has 0 bridgehead atoms. The molecule has 1 aliphatic rings. The highest BCUT2D eigenvalue weighted by atomic mass is 16.5. The summed E-state index contributed by atoms with van der Waals surface area (Å²) in [5.41, 5.74) is 0.803. The van der Waals surface area contributed by atoms with E-state index in [0.717, 1.165) is 51.4 Å². The second-order valence-corrected chi connectivity index (χ2v) is 4.90. The molecule has 0 aliphatic carbocycles. The van der Waals surface area contributed by atoms with Gasteiger partial charge in [-0.25, -0.2) is 0 Å². The van der Waals surface area contributed by atoms with Crippen LogP contribution in [-0.4, -0.2) is 47.4 Å². The van der Waals surface area contributed by atoms with Gasteiger partial charge in [0.05, 0.1) is 13.2 Å². The Morgan fingerprint density at radius 2 is 2.00 bits per heavy atom. The molecule has 5 heteroatoms. The number of rotatable bonds is 5. The smallest absolute Gasteiger partial charge is 0.254 e. The number of ether oxygens (including phenoxy) is 1. The predicted molar refractivity (Wildman–Crippen MR) is 73.6 cm³/mol. The topological polar surface area (TPSA) is 54.7 Å². The van der Waals surface area contributed by atoms with Crippen LogP contribution in [0.3, 0.4) is 0 Å². The van der Waals surface area contributed by atoms with Crippen LogP contribution in [0.15, 0.2) is 16.9 Å². The van der Waals surface area contributed by atoms with Crippen molar-refractivity contribution in [1.29, 1.82) is 0 Å². The molecule has 106 valence electrons. The number of aryl methyl sites for hydroxylation is 1. The van der Waals surface area contributed by atoms with Crippen LogP contribution in [0.5, 0.6) is 5.75 Å². The minimum Gasteiger partial charge on any atom is -0.508 e. The molecule has 0 saturated carbocycles. The quantitative estimate of drug-likeness (QED) is 0.858. The van der Waals surface area contributed by atoms with Gasteiger partial charge in [0, 0.05) is 37.9 Å². The van der Waals surface area contributed by atoms with Crippen molar-refractivity contribution in [1.82, 2.24) is 9.47 Å². The molecule has 1 saturated heterocycles. The van der Waals surface area contributed by atoms with E-state index >= 15 is 0 Å². The highest BCUT2D eigenvalue weighted by Crippen LogP contribution is 2.10. The summed E-state index contributed by atoms with van der Waals surface area (Å²) < 4.78 is 7.09. The monoisotopic (exact) mass is 266 g/mol. The molecule has 1 aromatic heterocycles. The van der Waals surface area contributed by atoms with Crippen LogP contribution < -0.4 is 5.56 Å². The fourth-order valence-electron chi connectivity index (χ4n) is 2.42. The lowest BCUT2D eigenvalue weighted by Gasteiger charge is -2.27. The molecule has 5 nitrogen and oxygen atoms in total. The average molecular weight is 266 g/mol. The lowest BCUT2D eigenvalue weighted by atomic mass is 10.2. The Morgan fingerprint density at radius 3 is 2.68 bits per heavy atom. The second kappa shape index (κ2) is 6.73. The zero-order valence-electron chi connectivity index (χ0n) is 11.5. The first-order valence-corrected chi connectivity index (χ1v) is 6.93. The first-order valence-electron chi connectivity index (χ1n) is 6.93. The molecule has 0 amide bonds. The average Bonchev–Trinajstić information content (AvgIpc) is 2.39. The van der Waals surface area contributed by atoms with E-state index < -0.39 is 0 Å². The summed E-state index contributed by atoms with van der Waals surface area (Å²) >= 11 is 0. The standard InChI is InChI=1S/C14H22N2O3/c1-2-3-12-10-13(17)11-14(18)16(12)5-4-15-6-8-19-9-7-15/h10-11,17H,2-9H2,1H3. The summed E-state index contributed by atoms with van der Waals surface area (Å²) in [6.07, 6.45) is 1.77. The largest absolute Gasteiger partial charge is 0.508 e. The molecular formula is C14H22N2O3. The fraction of sp³-hybridized carbons (Fsp3) is 0.643. The summed E-state index contributed by atoms with van der Waals surface area (Å²) in [6.45, 7) is 6.99. The summed E-state index contributed by atoms with van der Waals surface area (Å²) in [7, 11) is 0. The van der Waals surface area contributed by atoms with Gasteiger partial charge in [-0.3, -0.25) is 9.69 Å². The van der Waals surface area contributed by atoms with Gasteiger partial charge < -0.3 is 14.4 Å². The van der Waals surface area contributed by atoms with Crippen LogP contribution in [0.4, 0.5) is 0 Å². The van der Waals surface area contributed by atoms with Crippen molar-refractivity contribution in [2.45, 2.75) is 26.3 Å². The molecule has 1 aliphatic heterocycles. The van der Waals surface area contributed by atoms with Gasteiger partial charge in [-0.2, -0.15) is 0 Å². The molecule has 0 atom stereocenters. The number of hydrogen-bond donors (Lipinski definition) is 1. The van der Waals surface area contributed by atoms with Gasteiger partial charge in [0.2, 0.25) is 0 Å². The maximum atomic E-state index is 12.0. The molecule has 0 aromatic carbocycles. The minimum atomic E-state index is -0.114. The highest BCUT2D eigenvalue weighted by Gasteiger charge is 2.12. The van der Waals surface area contributed by atoms with Crippen molar-refractivity contribution in [2.24, 2.45) is 0 Å². The summed E-state index contributed by atoms with van der Waals surface area (Å²) in [6, 6.07) is 2.99. The van der Waals surface area contributed by atoms with Gasteiger partial charge in [0.1, 0.15) is 5.75 Å². The van der Waals surface area contributed by atoms with Gasteiger partial charge in [-0.15, -0.1) is 0 Å². The van der Waals surface area contributed by atoms with Crippen LogP contribution in [0.25, 0.3) is 0 Å². The van der Waals surface area contributed by atoms with Crippen molar-refractivity contribution < 1.29 is 9.84 Å². The first kappa shape index (κ1) is 14.1. The van der Waals surface area contributed by atoms with E-state index in [2.05, 4.69) is 11.8 Å². The third kappa shape index (κ3) is 3.81. The third-order valence-corrected chi connectivity index (χ3v) is 3.45. The Labute approximate surface area is 113 Å². The van der Waals surface area contributed by atoms with Crippen molar-refractivity contribution >= 4 is 0 Å². The predicted octanol–water partition coefficient (Wildman–Crippen LogP) is 0.839. The lowest BCUT2D eigenvalue weighted by molar-refractivity contribution is 0.0362. The Balaban J connectivity index is 2.07. The highest BCUT2D eigenvalue weighted by molar-refractivity contribution is 5.22. The van der Waals surface area contributed by atoms with E-state index in [9.17, 15) is 9.90 Å². The van der Waals surface area contributed by atoms with Crippen LogP contribution >= 0.6 is 0 Å². The Morgan fingerprint density at radius 1 is 1.26 bits per heavy atom. The Kier molecular flexibility index (Phi) is 4.99. The minimum absolute atomic E-state index is 0.0658. The first-order chi connectivity index (χ1) is 9.20. The van der Waals surface area contributed by atoms with Crippen LogP contribution in [0, 0.1) is 0 Å². The van der Waals surface area contributed by atoms with Crippen molar-refractivity contribution in [3.8, 4) is 5.75 Å². The zero-order chi connectivity index (χ0) is 13.7. The van der Waals surface area contributed by atoms with Gasteiger partial charge in [0.15, 0.2) is 0 Å². The molecule has 0 unspecified atom stereocenters.